The zero-order valence-corrected chi connectivity index (χ0v) is 12.5. The molecule has 1 atom stereocenters. The summed E-state index contributed by atoms with van der Waals surface area (Å²) in [7, 11) is 0. The van der Waals surface area contributed by atoms with Crippen LogP contribution in [0.2, 0.25) is 0 Å². The minimum absolute atomic E-state index is 0.0710. The minimum atomic E-state index is -0.670. The lowest BCUT2D eigenvalue weighted by atomic mass is 10.1. The molecule has 0 amide bonds. The van der Waals surface area contributed by atoms with Crippen LogP contribution < -0.4 is 5.32 Å². The molecule has 2 aromatic carbocycles. The van der Waals surface area contributed by atoms with Crippen LogP contribution in [0.3, 0.4) is 0 Å². The largest absolute Gasteiger partial charge is 0.377 e. The molecule has 0 fully saturated rings. The molecule has 2 rings (SSSR count). The molecule has 110 valence electrons. The van der Waals surface area contributed by atoms with Crippen molar-refractivity contribution >= 4 is 27.3 Å². The second kappa shape index (κ2) is 6.17. The Hall–Kier alpha value is -2.02. The fourth-order valence-electron chi connectivity index (χ4n) is 1.88. The molecule has 0 spiro atoms. The van der Waals surface area contributed by atoms with E-state index in [0.29, 0.717) is 15.7 Å². The van der Waals surface area contributed by atoms with Crippen LogP contribution in [0.4, 0.5) is 20.2 Å². The van der Waals surface area contributed by atoms with Gasteiger partial charge >= 0.3 is 0 Å². The van der Waals surface area contributed by atoms with E-state index in [0.717, 1.165) is 6.07 Å². The second-order valence-corrected chi connectivity index (χ2v) is 5.34. The van der Waals surface area contributed by atoms with E-state index in [4.69, 9.17) is 0 Å². The van der Waals surface area contributed by atoms with Crippen molar-refractivity contribution in [2.45, 2.75) is 13.0 Å². The van der Waals surface area contributed by atoms with Gasteiger partial charge < -0.3 is 5.32 Å². The standard InChI is InChI=1S/C14H11BrF2N2O2/c1-8(9-4-10(16)6-11(17)5-9)18-14-7-12(19(20)21)2-3-13(14)15/h2-8,18H,1H3. The minimum Gasteiger partial charge on any atom is -0.377 e. The summed E-state index contributed by atoms with van der Waals surface area (Å²) in [5, 5.41) is 13.8. The summed E-state index contributed by atoms with van der Waals surface area (Å²) in [5.41, 5.74) is 0.811. The Balaban J connectivity index is 2.28. The van der Waals surface area contributed by atoms with E-state index in [9.17, 15) is 18.9 Å². The number of halogens is 3. The lowest BCUT2D eigenvalue weighted by Crippen LogP contribution is -2.08. The highest BCUT2D eigenvalue weighted by Gasteiger charge is 2.13. The number of hydrogen-bond donors (Lipinski definition) is 1. The first-order valence-electron chi connectivity index (χ1n) is 6.03. The maximum absolute atomic E-state index is 13.2. The summed E-state index contributed by atoms with van der Waals surface area (Å²) in [6.07, 6.45) is 0. The predicted molar refractivity (Wildman–Crippen MR) is 79.2 cm³/mol. The zero-order chi connectivity index (χ0) is 15.6. The molecular formula is C14H11BrF2N2O2. The Morgan fingerprint density at radius 2 is 1.81 bits per heavy atom. The molecule has 2 aromatic rings. The molecule has 0 aliphatic carbocycles. The van der Waals surface area contributed by atoms with Crippen molar-refractivity contribution in [3.05, 3.63) is 68.2 Å². The third-order valence-corrected chi connectivity index (χ3v) is 3.61. The van der Waals surface area contributed by atoms with Gasteiger partial charge in [-0.15, -0.1) is 0 Å². The van der Waals surface area contributed by atoms with E-state index in [1.807, 2.05) is 0 Å². The topological polar surface area (TPSA) is 55.2 Å². The van der Waals surface area contributed by atoms with Gasteiger partial charge in [0.2, 0.25) is 0 Å². The summed E-state index contributed by atoms with van der Waals surface area (Å²) >= 11 is 3.28. The highest BCUT2D eigenvalue weighted by Crippen LogP contribution is 2.30. The number of benzene rings is 2. The van der Waals surface area contributed by atoms with Crippen LogP contribution in [0.25, 0.3) is 0 Å². The van der Waals surface area contributed by atoms with Gasteiger partial charge in [-0.25, -0.2) is 8.78 Å². The van der Waals surface area contributed by atoms with Crippen LogP contribution in [0.15, 0.2) is 40.9 Å². The zero-order valence-electron chi connectivity index (χ0n) is 10.9. The Labute approximate surface area is 128 Å². The van der Waals surface area contributed by atoms with Crippen LogP contribution >= 0.6 is 15.9 Å². The first-order valence-corrected chi connectivity index (χ1v) is 6.82. The second-order valence-electron chi connectivity index (χ2n) is 4.49. The lowest BCUT2D eigenvalue weighted by Gasteiger charge is -2.17. The van der Waals surface area contributed by atoms with E-state index >= 15 is 0 Å². The molecule has 0 saturated heterocycles. The maximum Gasteiger partial charge on any atom is 0.271 e. The Kier molecular flexibility index (Phi) is 4.52. The molecule has 0 bridgehead atoms. The van der Waals surface area contributed by atoms with Gasteiger partial charge in [-0.3, -0.25) is 10.1 Å². The Morgan fingerprint density at radius 3 is 2.38 bits per heavy atom. The molecule has 7 heteroatoms. The average molecular weight is 357 g/mol. The molecule has 0 radical (unpaired) electrons. The number of nitrogens with one attached hydrogen (secondary N) is 1. The fraction of sp³-hybridized carbons (Fsp3) is 0.143. The number of anilines is 1. The molecule has 21 heavy (non-hydrogen) atoms. The number of hydrogen-bond acceptors (Lipinski definition) is 3. The first kappa shape index (κ1) is 15.4. The Morgan fingerprint density at radius 1 is 1.19 bits per heavy atom. The summed E-state index contributed by atoms with van der Waals surface area (Å²) in [6, 6.07) is 7.06. The quantitative estimate of drug-likeness (QED) is 0.631. The number of nitro groups is 1. The smallest absolute Gasteiger partial charge is 0.271 e. The lowest BCUT2D eigenvalue weighted by molar-refractivity contribution is -0.384. The van der Waals surface area contributed by atoms with Gasteiger partial charge in [-0.2, -0.15) is 0 Å². The van der Waals surface area contributed by atoms with E-state index in [2.05, 4.69) is 21.2 Å². The van der Waals surface area contributed by atoms with Crippen molar-refractivity contribution in [2.24, 2.45) is 0 Å². The fourth-order valence-corrected chi connectivity index (χ4v) is 2.24. The van der Waals surface area contributed by atoms with Crippen LogP contribution in [0, 0.1) is 21.7 Å². The Bertz CT molecular complexity index is 674. The van der Waals surface area contributed by atoms with Gasteiger partial charge in [0.25, 0.3) is 5.69 Å². The van der Waals surface area contributed by atoms with Crippen molar-refractivity contribution in [3.63, 3.8) is 0 Å². The first-order chi connectivity index (χ1) is 9.86. The van der Waals surface area contributed by atoms with Crippen molar-refractivity contribution in [1.82, 2.24) is 0 Å². The van der Waals surface area contributed by atoms with Crippen LogP contribution in [0.5, 0.6) is 0 Å². The summed E-state index contributed by atoms with van der Waals surface area (Å²) < 4.78 is 27.0. The highest BCUT2D eigenvalue weighted by atomic mass is 79.9. The molecule has 0 saturated carbocycles. The molecular weight excluding hydrogens is 346 g/mol. The molecule has 0 heterocycles. The van der Waals surface area contributed by atoms with Crippen molar-refractivity contribution < 1.29 is 13.7 Å². The summed E-state index contributed by atoms with van der Waals surface area (Å²) in [6.45, 7) is 1.71. The van der Waals surface area contributed by atoms with Gasteiger partial charge in [0, 0.05) is 28.7 Å². The van der Waals surface area contributed by atoms with Crippen molar-refractivity contribution in [2.75, 3.05) is 5.32 Å². The van der Waals surface area contributed by atoms with Gasteiger partial charge in [0.05, 0.1) is 10.6 Å². The van der Waals surface area contributed by atoms with Gasteiger partial charge in [0.1, 0.15) is 11.6 Å². The van der Waals surface area contributed by atoms with E-state index in [1.54, 1.807) is 13.0 Å². The molecule has 0 aliphatic heterocycles. The van der Waals surface area contributed by atoms with Crippen LogP contribution in [-0.2, 0) is 0 Å². The molecule has 0 aromatic heterocycles. The van der Waals surface area contributed by atoms with E-state index < -0.39 is 22.6 Å². The number of nitro benzene ring substituents is 1. The normalized spacial score (nSPS) is 12.0. The average Bonchev–Trinajstić information content (AvgIpc) is 2.39. The van der Waals surface area contributed by atoms with Gasteiger partial charge in [-0.05, 0) is 46.6 Å². The molecule has 0 aliphatic rings. The van der Waals surface area contributed by atoms with Crippen molar-refractivity contribution in [3.8, 4) is 0 Å². The molecule has 1 unspecified atom stereocenters. The van der Waals surface area contributed by atoms with Crippen LogP contribution in [-0.4, -0.2) is 4.92 Å². The van der Waals surface area contributed by atoms with E-state index in [-0.39, 0.29) is 5.69 Å². The summed E-state index contributed by atoms with van der Waals surface area (Å²) in [4.78, 5) is 10.3. The van der Waals surface area contributed by atoms with Crippen molar-refractivity contribution in [1.29, 1.82) is 0 Å². The monoisotopic (exact) mass is 356 g/mol. The number of non-ortho nitro benzene ring substituents is 1. The van der Waals surface area contributed by atoms with Crippen LogP contribution in [0.1, 0.15) is 18.5 Å². The predicted octanol–water partition coefficient (Wildman–Crippen LogP) is 4.81. The SMILES string of the molecule is CC(Nc1cc([N+](=O)[O-])ccc1Br)c1cc(F)cc(F)c1. The number of rotatable bonds is 4. The highest BCUT2D eigenvalue weighted by molar-refractivity contribution is 9.10. The van der Waals surface area contributed by atoms with Gasteiger partial charge in [-0.1, -0.05) is 0 Å². The third kappa shape index (κ3) is 3.75. The molecule has 4 nitrogen and oxygen atoms in total. The van der Waals surface area contributed by atoms with Gasteiger partial charge in [0.15, 0.2) is 0 Å². The number of nitrogens with zero attached hydrogens (tertiary/aromatic N) is 1. The third-order valence-electron chi connectivity index (χ3n) is 2.92. The van der Waals surface area contributed by atoms with E-state index in [1.165, 1.54) is 24.3 Å². The maximum atomic E-state index is 13.2. The molecule has 1 N–H and O–H groups in total. The summed E-state index contributed by atoms with van der Waals surface area (Å²) in [5.74, 6) is -1.34.